The monoisotopic (exact) mass is 379 g/mol. The molecule has 1 N–H and O–H groups in total. The van der Waals surface area contributed by atoms with E-state index in [2.05, 4.69) is 5.32 Å². The van der Waals surface area contributed by atoms with Gasteiger partial charge in [0.25, 0.3) is 5.91 Å². The normalized spacial score (nSPS) is 16.3. The van der Waals surface area contributed by atoms with Gasteiger partial charge in [-0.1, -0.05) is 17.7 Å². The first-order valence-corrected chi connectivity index (χ1v) is 8.70. The minimum absolute atomic E-state index is 0.0565. The van der Waals surface area contributed by atoms with E-state index in [9.17, 15) is 9.18 Å². The highest BCUT2D eigenvalue weighted by atomic mass is 35.5. The molecule has 0 saturated carbocycles. The largest absolute Gasteiger partial charge is 0.491 e. The van der Waals surface area contributed by atoms with Gasteiger partial charge in [-0.25, -0.2) is 4.39 Å². The number of benzene rings is 2. The summed E-state index contributed by atoms with van der Waals surface area (Å²) in [7, 11) is 0. The first-order valence-electron chi connectivity index (χ1n) is 8.32. The summed E-state index contributed by atoms with van der Waals surface area (Å²) in [5, 5.41) is 2.67. The topological polar surface area (TPSA) is 56.8 Å². The molecule has 3 rings (SSSR count). The molecule has 2 aromatic rings. The van der Waals surface area contributed by atoms with E-state index >= 15 is 0 Å². The Bertz CT molecular complexity index is 765. The van der Waals surface area contributed by atoms with Gasteiger partial charge in [-0.3, -0.25) is 4.79 Å². The van der Waals surface area contributed by atoms with Crippen molar-refractivity contribution in [1.82, 2.24) is 0 Å². The lowest BCUT2D eigenvalue weighted by Gasteiger charge is -2.13. The second-order valence-electron chi connectivity index (χ2n) is 5.89. The zero-order chi connectivity index (χ0) is 18.4. The summed E-state index contributed by atoms with van der Waals surface area (Å²) in [6.07, 6.45) is 2.19. The fourth-order valence-corrected chi connectivity index (χ4v) is 2.71. The first kappa shape index (κ1) is 18.5. The van der Waals surface area contributed by atoms with Crippen LogP contribution in [0.1, 0.15) is 12.8 Å². The molecule has 1 saturated heterocycles. The number of ether oxygens (including phenoxy) is 3. The minimum Gasteiger partial charge on any atom is -0.491 e. The molecule has 1 fully saturated rings. The summed E-state index contributed by atoms with van der Waals surface area (Å²) in [6.45, 7) is 1.05. The van der Waals surface area contributed by atoms with Crippen molar-refractivity contribution in [3.05, 3.63) is 53.3 Å². The summed E-state index contributed by atoms with van der Waals surface area (Å²) >= 11 is 5.67. The third-order valence-corrected chi connectivity index (χ3v) is 4.13. The number of hydrogen-bond acceptors (Lipinski definition) is 4. The van der Waals surface area contributed by atoms with Gasteiger partial charge in [0, 0.05) is 24.4 Å². The van der Waals surface area contributed by atoms with Crippen LogP contribution in [-0.2, 0) is 9.53 Å². The van der Waals surface area contributed by atoms with Gasteiger partial charge in [0.05, 0.1) is 11.1 Å². The van der Waals surface area contributed by atoms with Crippen LogP contribution in [0.15, 0.2) is 42.5 Å². The number of amides is 1. The molecule has 1 aliphatic rings. The maximum Gasteiger partial charge on any atom is 0.262 e. The maximum atomic E-state index is 13.1. The first-order chi connectivity index (χ1) is 12.6. The van der Waals surface area contributed by atoms with Crippen LogP contribution in [0.5, 0.6) is 11.5 Å². The van der Waals surface area contributed by atoms with Crippen molar-refractivity contribution in [1.29, 1.82) is 0 Å². The Hall–Kier alpha value is -2.31. The van der Waals surface area contributed by atoms with Crippen molar-refractivity contribution in [2.45, 2.75) is 18.9 Å². The predicted octanol–water partition coefficient (Wildman–Crippen LogP) is 4.05. The molecule has 1 aliphatic heterocycles. The quantitative estimate of drug-likeness (QED) is 0.788. The predicted molar refractivity (Wildman–Crippen MR) is 96.4 cm³/mol. The molecule has 0 unspecified atom stereocenters. The number of halogens is 2. The van der Waals surface area contributed by atoms with E-state index in [1.165, 1.54) is 18.2 Å². The van der Waals surface area contributed by atoms with Crippen molar-refractivity contribution in [3.8, 4) is 11.5 Å². The lowest BCUT2D eigenvalue weighted by atomic mass is 10.2. The van der Waals surface area contributed by atoms with Gasteiger partial charge in [-0.15, -0.1) is 0 Å². The van der Waals surface area contributed by atoms with Crippen LogP contribution < -0.4 is 14.8 Å². The summed E-state index contributed by atoms with van der Waals surface area (Å²) in [6, 6.07) is 11.0. The molecule has 0 bridgehead atoms. The number of carbonyl (C=O) groups excluding carboxylic acids is 1. The van der Waals surface area contributed by atoms with Crippen molar-refractivity contribution in [2.75, 3.05) is 25.1 Å². The molecule has 1 heterocycles. The third-order valence-electron chi connectivity index (χ3n) is 3.84. The highest BCUT2D eigenvalue weighted by Crippen LogP contribution is 2.22. The van der Waals surface area contributed by atoms with Gasteiger partial charge >= 0.3 is 0 Å². The molecule has 7 heteroatoms. The fourth-order valence-electron chi connectivity index (χ4n) is 2.54. The zero-order valence-electron chi connectivity index (χ0n) is 14.0. The molecule has 1 amide bonds. The van der Waals surface area contributed by atoms with Crippen LogP contribution in [0.3, 0.4) is 0 Å². The van der Waals surface area contributed by atoms with E-state index in [4.69, 9.17) is 25.8 Å². The van der Waals surface area contributed by atoms with Crippen molar-refractivity contribution < 1.29 is 23.4 Å². The van der Waals surface area contributed by atoms with Crippen molar-refractivity contribution in [3.63, 3.8) is 0 Å². The van der Waals surface area contributed by atoms with Gasteiger partial charge in [0.1, 0.15) is 23.9 Å². The number of nitrogens with one attached hydrogen (secondary N) is 1. The van der Waals surface area contributed by atoms with Gasteiger partial charge in [-0.05, 0) is 37.1 Å². The average molecular weight is 380 g/mol. The molecule has 1 atom stereocenters. The van der Waals surface area contributed by atoms with E-state index < -0.39 is 5.82 Å². The standard InChI is InChI=1S/C19H19ClFNO4/c20-17-10-15(6-7-18(17)21)26-12-19(23)22-13-3-1-4-14(9-13)25-11-16-5-2-8-24-16/h1,3-4,6-7,9-10,16H,2,5,8,11-12H2,(H,22,23)/t16-/m0/s1. The van der Waals surface area contributed by atoms with E-state index in [0.717, 1.165) is 19.4 Å². The second kappa shape index (κ2) is 8.87. The molecule has 2 aromatic carbocycles. The summed E-state index contributed by atoms with van der Waals surface area (Å²) in [5.41, 5.74) is 0.598. The lowest BCUT2D eigenvalue weighted by Crippen LogP contribution is -2.20. The second-order valence-corrected chi connectivity index (χ2v) is 6.29. The third kappa shape index (κ3) is 5.34. The molecule has 138 valence electrons. The molecule has 26 heavy (non-hydrogen) atoms. The van der Waals surface area contributed by atoms with E-state index in [1.54, 1.807) is 18.2 Å². The van der Waals surface area contributed by atoms with E-state index in [0.29, 0.717) is 23.8 Å². The Morgan fingerprint density at radius 1 is 1.23 bits per heavy atom. The summed E-state index contributed by atoms with van der Waals surface area (Å²) < 4.78 is 29.6. The molecule has 0 aliphatic carbocycles. The molecular formula is C19H19ClFNO4. The molecular weight excluding hydrogens is 361 g/mol. The molecule has 5 nitrogen and oxygen atoms in total. The van der Waals surface area contributed by atoms with Crippen LogP contribution in [0.25, 0.3) is 0 Å². The Morgan fingerprint density at radius 2 is 2.08 bits per heavy atom. The zero-order valence-corrected chi connectivity index (χ0v) is 14.8. The fraction of sp³-hybridized carbons (Fsp3) is 0.316. The van der Waals surface area contributed by atoms with Gasteiger partial charge in [0.15, 0.2) is 6.61 Å². The van der Waals surface area contributed by atoms with Crippen LogP contribution in [-0.4, -0.2) is 31.8 Å². The van der Waals surface area contributed by atoms with Gasteiger partial charge in [0.2, 0.25) is 0 Å². The van der Waals surface area contributed by atoms with Crippen LogP contribution in [0.2, 0.25) is 5.02 Å². The van der Waals surface area contributed by atoms with Gasteiger partial charge < -0.3 is 19.5 Å². The lowest BCUT2D eigenvalue weighted by molar-refractivity contribution is -0.118. The minimum atomic E-state index is -0.539. The maximum absolute atomic E-state index is 13.1. The molecule has 0 aromatic heterocycles. The van der Waals surface area contributed by atoms with E-state index in [1.807, 2.05) is 6.07 Å². The highest BCUT2D eigenvalue weighted by Gasteiger charge is 2.16. The van der Waals surface area contributed by atoms with Crippen LogP contribution >= 0.6 is 11.6 Å². The van der Waals surface area contributed by atoms with Crippen molar-refractivity contribution >= 4 is 23.2 Å². The molecule has 0 spiro atoms. The Balaban J connectivity index is 1.48. The van der Waals surface area contributed by atoms with Gasteiger partial charge in [-0.2, -0.15) is 0 Å². The average Bonchev–Trinajstić information content (AvgIpc) is 3.15. The number of anilines is 1. The Kier molecular flexibility index (Phi) is 6.30. The molecule has 0 radical (unpaired) electrons. The highest BCUT2D eigenvalue weighted by molar-refractivity contribution is 6.30. The Labute approximate surface area is 156 Å². The smallest absolute Gasteiger partial charge is 0.262 e. The van der Waals surface area contributed by atoms with Crippen molar-refractivity contribution in [2.24, 2.45) is 0 Å². The number of hydrogen-bond donors (Lipinski definition) is 1. The number of carbonyl (C=O) groups is 1. The number of rotatable bonds is 7. The SMILES string of the molecule is O=C(COc1ccc(F)c(Cl)c1)Nc1cccc(OC[C@@H]2CCCO2)c1. The summed E-state index contributed by atoms with van der Waals surface area (Å²) in [5.74, 6) is 0.0924. The van der Waals surface area contributed by atoms with Crippen LogP contribution in [0.4, 0.5) is 10.1 Å². The van der Waals surface area contributed by atoms with E-state index in [-0.39, 0.29) is 23.6 Å². The summed E-state index contributed by atoms with van der Waals surface area (Å²) in [4.78, 5) is 12.0. The van der Waals surface area contributed by atoms with Crippen LogP contribution in [0, 0.1) is 5.82 Å². The Morgan fingerprint density at radius 3 is 2.85 bits per heavy atom.